The number of amides is 3. The zero-order chi connectivity index (χ0) is 24.6. The minimum Gasteiger partial charge on any atom is -0.444 e. The third kappa shape index (κ3) is 7.60. The number of nitrogens with zero attached hydrogens (tertiary/aromatic N) is 1. The van der Waals surface area contributed by atoms with Crippen LogP contribution in [0, 0.1) is 26.3 Å². The minimum atomic E-state index is -1.03. The van der Waals surface area contributed by atoms with Gasteiger partial charge in [-0.1, -0.05) is 38.0 Å². The second-order valence-corrected chi connectivity index (χ2v) is 9.10. The van der Waals surface area contributed by atoms with Gasteiger partial charge in [0.05, 0.1) is 0 Å². The Bertz CT molecular complexity index is 867. The number of carbonyl (C=O) groups excluding carboxylic acids is 3. The van der Waals surface area contributed by atoms with Crippen LogP contribution >= 0.6 is 0 Å². The molecule has 3 atom stereocenters. The molecule has 1 aromatic carbocycles. The number of alkyl carbamates (subject to hydrolysis) is 1. The van der Waals surface area contributed by atoms with E-state index in [-0.39, 0.29) is 11.9 Å². The summed E-state index contributed by atoms with van der Waals surface area (Å²) in [5, 5.41) is 5.47. The molecule has 1 rings (SSSR count). The van der Waals surface area contributed by atoms with E-state index in [9.17, 15) is 14.4 Å². The van der Waals surface area contributed by atoms with Gasteiger partial charge in [-0.15, -0.1) is 0 Å². The van der Waals surface area contributed by atoms with Crippen LogP contribution in [0.2, 0.25) is 0 Å². The van der Waals surface area contributed by atoms with Crippen molar-refractivity contribution in [2.24, 2.45) is 0 Å². The van der Waals surface area contributed by atoms with E-state index in [0.29, 0.717) is 5.56 Å². The van der Waals surface area contributed by atoms with Crippen LogP contribution < -0.4 is 10.6 Å². The van der Waals surface area contributed by atoms with E-state index in [1.807, 2.05) is 39.8 Å². The molecule has 2 N–H and O–H groups in total. The maximum atomic E-state index is 13.3. The van der Waals surface area contributed by atoms with Crippen LogP contribution in [0.15, 0.2) is 18.2 Å². The molecule has 0 bridgehead atoms. The smallest absolute Gasteiger partial charge is 0.408 e. The van der Waals surface area contributed by atoms with E-state index in [4.69, 9.17) is 11.2 Å². The second-order valence-electron chi connectivity index (χ2n) is 9.10. The Morgan fingerprint density at radius 1 is 1.16 bits per heavy atom. The predicted octanol–water partition coefficient (Wildman–Crippen LogP) is 3.98. The first kappa shape index (κ1) is 27.0. The van der Waals surface area contributed by atoms with E-state index >= 15 is 0 Å². The molecule has 3 unspecified atom stereocenters. The van der Waals surface area contributed by atoms with Crippen molar-refractivity contribution < 1.29 is 19.1 Å². The van der Waals surface area contributed by atoms with Gasteiger partial charge in [-0.25, -0.2) is 4.79 Å². The molecule has 0 radical (unpaired) electrons. The van der Waals surface area contributed by atoms with Gasteiger partial charge in [0.25, 0.3) is 5.91 Å². The first-order valence-electron chi connectivity index (χ1n) is 11.0. The Balaban J connectivity index is 3.29. The van der Waals surface area contributed by atoms with E-state index in [1.54, 1.807) is 26.8 Å². The average Bonchev–Trinajstić information content (AvgIpc) is 2.66. The fraction of sp³-hybridized carbons (Fsp3) is 0.560. The van der Waals surface area contributed by atoms with Gasteiger partial charge >= 0.3 is 6.09 Å². The first-order chi connectivity index (χ1) is 14.8. The van der Waals surface area contributed by atoms with Crippen molar-refractivity contribution in [1.29, 1.82) is 0 Å². The summed E-state index contributed by atoms with van der Waals surface area (Å²) in [5.74, 6) is -0.946. The monoisotopic (exact) mass is 443 g/mol. The zero-order valence-corrected chi connectivity index (χ0v) is 20.5. The van der Waals surface area contributed by atoms with Crippen LogP contribution in [0.3, 0.4) is 0 Å². The Morgan fingerprint density at radius 2 is 1.78 bits per heavy atom. The normalized spacial score (nSPS) is 13.8. The number of hydrogen-bond donors (Lipinski definition) is 2. The van der Waals surface area contributed by atoms with Crippen molar-refractivity contribution in [1.82, 2.24) is 15.5 Å². The number of terminal acetylenes is 1. The number of nitrogens with one attached hydrogen (secondary N) is 2. The van der Waals surface area contributed by atoms with Crippen LogP contribution in [0.25, 0.3) is 0 Å². The van der Waals surface area contributed by atoms with Gasteiger partial charge in [0.15, 0.2) is 0 Å². The summed E-state index contributed by atoms with van der Waals surface area (Å²) >= 11 is 0. The summed E-state index contributed by atoms with van der Waals surface area (Å²) in [5.41, 5.74) is 1.78. The lowest BCUT2D eigenvalue weighted by Gasteiger charge is -2.31. The first-order valence-corrected chi connectivity index (χ1v) is 11.0. The molecule has 0 saturated carbocycles. The third-order valence-corrected chi connectivity index (χ3v) is 5.04. The molecular formula is C25H37N3O4. The maximum Gasteiger partial charge on any atom is 0.408 e. The largest absolute Gasteiger partial charge is 0.444 e. The summed E-state index contributed by atoms with van der Waals surface area (Å²) in [6, 6.07) is 5.82. The number of aryl methyl sites for hydroxylation is 1. The van der Waals surface area contributed by atoms with Gasteiger partial charge in [0, 0.05) is 12.1 Å². The lowest BCUT2D eigenvalue weighted by atomic mass is 9.95. The molecule has 0 aliphatic carbocycles. The molecule has 0 spiro atoms. The van der Waals surface area contributed by atoms with Crippen LogP contribution in [0.1, 0.15) is 77.1 Å². The minimum absolute atomic E-state index is 0.0767. The van der Waals surface area contributed by atoms with E-state index < -0.39 is 29.7 Å². The SMILES string of the molecule is C#CN(C(=O)C(C)NC(=O)OC(C)(C)C)C(C(=O)NC(C)CCC)c1cccc(C)c1C. The van der Waals surface area contributed by atoms with Crippen molar-refractivity contribution in [2.45, 2.75) is 92.0 Å². The van der Waals surface area contributed by atoms with E-state index in [1.165, 1.54) is 6.92 Å². The lowest BCUT2D eigenvalue weighted by Crippen LogP contribution is -2.51. The molecule has 176 valence electrons. The fourth-order valence-corrected chi connectivity index (χ4v) is 3.31. The van der Waals surface area contributed by atoms with Gasteiger partial charge in [-0.05, 0) is 71.6 Å². The third-order valence-electron chi connectivity index (χ3n) is 5.04. The Morgan fingerprint density at radius 3 is 2.31 bits per heavy atom. The number of carbonyl (C=O) groups is 3. The highest BCUT2D eigenvalue weighted by molar-refractivity contribution is 5.93. The summed E-state index contributed by atoms with van der Waals surface area (Å²) in [7, 11) is 0. The van der Waals surface area contributed by atoms with Crippen LogP contribution in [0.4, 0.5) is 4.79 Å². The van der Waals surface area contributed by atoms with Gasteiger partial charge in [-0.2, -0.15) is 0 Å². The highest BCUT2D eigenvalue weighted by Gasteiger charge is 2.35. The quantitative estimate of drug-likeness (QED) is 0.470. The van der Waals surface area contributed by atoms with Gasteiger partial charge in [0.1, 0.15) is 17.7 Å². The van der Waals surface area contributed by atoms with Crippen LogP contribution in [0.5, 0.6) is 0 Å². The van der Waals surface area contributed by atoms with Crippen molar-refractivity contribution in [3.05, 3.63) is 34.9 Å². The summed E-state index contributed by atoms with van der Waals surface area (Å²) in [6.07, 6.45) is 6.70. The van der Waals surface area contributed by atoms with Crippen LogP contribution in [-0.2, 0) is 14.3 Å². The van der Waals surface area contributed by atoms with Crippen molar-refractivity contribution in [2.75, 3.05) is 0 Å². The standard InChI is InChI=1S/C25H37N3O4/c1-10-13-17(4)26-22(29)21(20-15-12-14-16(3)18(20)5)28(11-2)23(30)19(6)27-24(31)32-25(7,8)9/h2,12,14-15,17,19,21H,10,13H2,1,3-9H3,(H,26,29)(H,27,31). The van der Waals surface area contributed by atoms with Gasteiger partial charge in [-0.3, -0.25) is 14.5 Å². The summed E-state index contributed by atoms with van der Waals surface area (Å²) in [4.78, 5) is 39.7. The molecule has 0 heterocycles. The molecule has 0 saturated heterocycles. The molecule has 7 heteroatoms. The number of benzene rings is 1. The summed E-state index contributed by atoms with van der Waals surface area (Å²) < 4.78 is 5.23. The maximum absolute atomic E-state index is 13.3. The molecule has 0 aromatic heterocycles. The van der Waals surface area contributed by atoms with Gasteiger partial charge < -0.3 is 15.4 Å². The second kappa shape index (κ2) is 11.6. The number of ether oxygens (including phenoxy) is 1. The Hall–Kier alpha value is -3.01. The number of hydrogen-bond acceptors (Lipinski definition) is 4. The lowest BCUT2D eigenvalue weighted by molar-refractivity contribution is -0.138. The van der Waals surface area contributed by atoms with Gasteiger partial charge in [0.2, 0.25) is 5.91 Å². The highest BCUT2D eigenvalue weighted by Crippen LogP contribution is 2.27. The average molecular weight is 444 g/mol. The molecule has 1 aromatic rings. The number of rotatable bonds is 8. The van der Waals surface area contributed by atoms with Crippen molar-refractivity contribution >= 4 is 17.9 Å². The molecule has 32 heavy (non-hydrogen) atoms. The summed E-state index contributed by atoms with van der Waals surface area (Å²) in [6.45, 7) is 14.5. The Kier molecular flexibility index (Phi) is 9.77. The highest BCUT2D eigenvalue weighted by atomic mass is 16.6. The van der Waals surface area contributed by atoms with Crippen molar-refractivity contribution in [3.8, 4) is 12.5 Å². The van der Waals surface area contributed by atoms with E-state index in [0.717, 1.165) is 28.9 Å². The van der Waals surface area contributed by atoms with Crippen molar-refractivity contribution in [3.63, 3.8) is 0 Å². The molecule has 3 amide bonds. The topological polar surface area (TPSA) is 87.7 Å². The molecule has 0 fully saturated rings. The van der Waals surface area contributed by atoms with Crippen LogP contribution in [-0.4, -0.2) is 40.5 Å². The fourth-order valence-electron chi connectivity index (χ4n) is 3.31. The van der Waals surface area contributed by atoms with E-state index in [2.05, 4.69) is 16.7 Å². The molecular weight excluding hydrogens is 406 g/mol. The molecule has 0 aliphatic heterocycles. The molecule has 7 nitrogen and oxygen atoms in total. The predicted molar refractivity (Wildman–Crippen MR) is 126 cm³/mol. The molecule has 0 aliphatic rings. The Labute approximate surface area is 192 Å². The zero-order valence-electron chi connectivity index (χ0n) is 20.5.